The Kier molecular flexibility index (Phi) is 7.68. The molecule has 6 rings (SSSR count). The van der Waals surface area contributed by atoms with E-state index in [9.17, 15) is 18.0 Å². The molecule has 1 saturated heterocycles. The van der Waals surface area contributed by atoms with Crippen LogP contribution in [0.4, 0.5) is 24.8 Å². The first-order valence-corrected chi connectivity index (χ1v) is 14.6. The van der Waals surface area contributed by atoms with E-state index in [1.165, 1.54) is 11.0 Å². The minimum atomic E-state index is -4.59. The quantitative estimate of drug-likeness (QED) is 0.269. The molecule has 11 heteroatoms. The Morgan fingerprint density at radius 2 is 1.86 bits per heavy atom. The predicted molar refractivity (Wildman–Crippen MR) is 159 cm³/mol. The van der Waals surface area contributed by atoms with Gasteiger partial charge in [-0.2, -0.15) is 13.2 Å². The Balaban J connectivity index is 1.40. The Hall–Kier alpha value is -4.25. The Bertz CT molecular complexity index is 1670. The van der Waals surface area contributed by atoms with Crippen LogP contribution in [0.3, 0.4) is 0 Å². The highest BCUT2D eigenvalue weighted by Gasteiger charge is 2.41. The van der Waals surface area contributed by atoms with Crippen molar-refractivity contribution < 1.29 is 18.0 Å². The highest BCUT2D eigenvalue weighted by Crippen LogP contribution is 2.41. The molecule has 0 bridgehead atoms. The van der Waals surface area contributed by atoms with Gasteiger partial charge in [-0.25, -0.2) is 4.98 Å². The summed E-state index contributed by atoms with van der Waals surface area (Å²) in [5, 5.41) is 11.5. The zero-order valence-corrected chi connectivity index (χ0v) is 24.4. The van der Waals surface area contributed by atoms with E-state index < -0.39 is 17.6 Å². The summed E-state index contributed by atoms with van der Waals surface area (Å²) in [6.07, 6.45) is -0.843. The Morgan fingerprint density at radius 3 is 2.56 bits per heavy atom. The van der Waals surface area contributed by atoms with Crippen LogP contribution in [-0.4, -0.2) is 50.2 Å². The summed E-state index contributed by atoms with van der Waals surface area (Å²) in [5.74, 6) is 1.46. The number of pyridine rings is 1. The highest BCUT2D eigenvalue weighted by atomic mass is 19.4. The molecule has 2 aliphatic rings. The second kappa shape index (κ2) is 11.4. The fourth-order valence-corrected chi connectivity index (χ4v) is 6.22. The lowest BCUT2D eigenvalue weighted by molar-refractivity contribution is -0.138. The van der Waals surface area contributed by atoms with Crippen molar-refractivity contribution >= 4 is 17.5 Å². The summed E-state index contributed by atoms with van der Waals surface area (Å²) in [6, 6.07) is 14.2. The van der Waals surface area contributed by atoms with Crippen molar-refractivity contribution in [1.29, 1.82) is 0 Å². The number of carbonyl (C=O) groups is 1. The van der Waals surface area contributed by atoms with Crippen molar-refractivity contribution in [1.82, 2.24) is 24.6 Å². The predicted octanol–water partition coefficient (Wildman–Crippen LogP) is 6.39. The average Bonchev–Trinajstić information content (AvgIpc) is 3.55. The molecule has 43 heavy (non-hydrogen) atoms. The lowest BCUT2D eigenvalue weighted by Crippen LogP contribution is -2.33. The van der Waals surface area contributed by atoms with Crippen LogP contribution in [0.25, 0.3) is 22.5 Å². The van der Waals surface area contributed by atoms with Crippen molar-refractivity contribution in [3.63, 3.8) is 0 Å². The summed E-state index contributed by atoms with van der Waals surface area (Å²) in [5.41, 5.74) is 2.24. The van der Waals surface area contributed by atoms with E-state index in [1.54, 1.807) is 18.5 Å². The van der Waals surface area contributed by atoms with Crippen LogP contribution in [0, 0.1) is 5.92 Å². The molecule has 2 aliphatic heterocycles. The Morgan fingerprint density at radius 1 is 1.07 bits per heavy atom. The zero-order valence-electron chi connectivity index (χ0n) is 24.4. The number of benzene rings is 2. The van der Waals surface area contributed by atoms with E-state index in [0.29, 0.717) is 36.2 Å². The Labute approximate surface area is 248 Å². The van der Waals surface area contributed by atoms with Gasteiger partial charge >= 0.3 is 6.18 Å². The van der Waals surface area contributed by atoms with Crippen molar-refractivity contribution in [2.75, 3.05) is 29.9 Å². The molecule has 0 spiro atoms. The number of rotatable bonds is 7. The van der Waals surface area contributed by atoms with Gasteiger partial charge in [0.25, 0.3) is 5.91 Å². The van der Waals surface area contributed by atoms with Crippen LogP contribution < -0.4 is 10.2 Å². The number of amides is 1. The van der Waals surface area contributed by atoms with Gasteiger partial charge in [-0.3, -0.25) is 14.6 Å². The molecule has 0 saturated carbocycles. The first kappa shape index (κ1) is 28.9. The standard InChI is InChI=1S/C32H34F3N7O/c1-4-36-28-14-22(23-9-5-6-10-24(23)30-39-37-19-40(30)3)15-29(38-28)42-18-26-25(31(42)43)12-21(13-27(26)32(33,34)35)17-41-11-7-8-20(2)16-41/h5-6,9-10,12-15,19-20H,4,7-8,11,16-18H2,1-3H3,(H,36,38). The minimum Gasteiger partial charge on any atom is -0.370 e. The largest absolute Gasteiger partial charge is 0.416 e. The number of likely N-dealkylation sites (tertiary alicyclic amines) is 1. The number of nitrogens with zero attached hydrogens (tertiary/aromatic N) is 6. The van der Waals surface area contributed by atoms with Gasteiger partial charge in [0.15, 0.2) is 5.82 Å². The maximum absolute atomic E-state index is 14.4. The summed E-state index contributed by atoms with van der Waals surface area (Å²) < 4.78 is 45.0. The van der Waals surface area contributed by atoms with Gasteiger partial charge in [0.1, 0.15) is 18.0 Å². The second-order valence-corrected chi connectivity index (χ2v) is 11.5. The van der Waals surface area contributed by atoms with Gasteiger partial charge in [-0.05, 0) is 78.7 Å². The van der Waals surface area contributed by atoms with Crippen LogP contribution in [0.1, 0.15) is 53.7 Å². The van der Waals surface area contributed by atoms with E-state index in [1.807, 2.05) is 48.9 Å². The van der Waals surface area contributed by atoms with E-state index in [0.717, 1.165) is 42.6 Å². The maximum Gasteiger partial charge on any atom is 0.416 e. The van der Waals surface area contributed by atoms with Crippen LogP contribution in [0.2, 0.25) is 0 Å². The molecular weight excluding hydrogens is 555 g/mol. The van der Waals surface area contributed by atoms with Crippen LogP contribution in [-0.2, 0) is 26.3 Å². The van der Waals surface area contributed by atoms with Crippen molar-refractivity contribution in [3.8, 4) is 22.5 Å². The minimum absolute atomic E-state index is 0.00930. The van der Waals surface area contributed by atoms with Gasteiger partial charge in [0, 0.05) is 37.8 Å². The third-order valence-electron chi connectivity index (χ3n) is 8.19. The van der Waals surface area contributed by atoms with Gasteiger partial charge in [0.05, 0.1) is 12.1 Å². The van der Waals surface area contributed by atoms with E-state index >= 15 is 0 Å². The molecule has 1 fully saturated rings. The summed E-state index contributed by atoms with van der Waals surface area (Å²) in [6.45, 7) is 6.50. The lowest BCUT2D eigenvalue weighted by Gasteiger charge is -2.31. The average molecular weight is 590 g/mol. The molecule has 2 aromatic heterocycles. The number of hydrogen-bond acceptors (Lipinski definition) is 6. The van der Waals surface area contributed by atoms with E-state index in [-0.39, 0.29) is 23.5 Å². The highest BCUT2D eigenvalue weighted by molar-refractivity contribution is 6.10. The SMILES string of the molecule is CCNc1cc(-c2ccccc2-c2nncn2C)cc(N2Cc3c(cc(CN4CCCC(C)C4)cc3C(F)(F)F)C2=O)n1. The van der Waals surface area contributed by atoms with Gasteiger partial charge < -0.3 is 9.88 Å². The molecule has 0 aliphatic carbocycles. The fourth-order valence-electron chi connectivity index (χ4n) is 6.22. The molecule has 1 unspecified atom stereocenters. The van der Waals surface area contributed by atoms with Crippen molar-refractivity contribution in [2.45, 2.75) is 46.0 Å². The molecule has 2 aromatic carbocycles. The van der Waals surface area contributed by atoms with E-state index in [2.05, 4.69) is 32.3 Å². The molecule has 4 heterocycles. The normalized spacial score (nSPS) is 17.4. The summed E-state index contributed by atoms with van der Waals surface area (Å²) >= 11 is 0. The number of fused-ring (bicyclic) bond motifs is 1. The number of hydrogen-bond donors (Lipinski definition) is 1. The van der Waals surface area contributed by atoms with Gasteiger partial charge in [-0.15, -0.1) is 10.2 Å². The molecule has 4 aromatic rings. The molecule has 1 atom stereocenters. The number of aryl methyl sites for hydroxylation is 1. The summed E-state index contributed by atoms with van der Waals surface area (Å²) in [7, 11) is 1.85. The smallest absolute Gasteiger partial charge is 0.370 e. The van der Waals surface area contributed by atoms with Gasteiger partial charge in [0.2, 0.25) is 0 Å². The fraction of sp³-hybridized carbons (Fsp3) is 0.375. The third kappa shape index (κ3) is 5.73. The number of nitrogens with one attached hydrogen (secondary N) is 1. The first-order valence-electron chi connectivity index (χ1n) is 14.6. The number of alkyl halides is 3. The monoisotopic (exact) mass is 589 g/mol. The zero-order chi connectivity index (χ0) is 30.3. The molecule has 0 radical (unpaired) electrons. The number of halogens is 3. The van der Waals surface area contributed by atoms with Gasteiger partial charge in [-0.1, -0.05) is 31.2 Å². The lowest BCUT2D eigenvalue weighted by atomic mass is 9.96. The molecule has 8 nitrogen and oxygen atoms in total. The summed E-state index contributed by atoms with van der Waals surface area (Å²) in [4.78, 5) is 22.0. The third-order valence-corrected chi connectivity index (χ3v) is 8.19. The second-order valence-electron chi connectivity index (χ2n) is 11.5. The number of aromatic nitrogens is 4. The first-order chi connectivity index (χ1) is 20.6. The number of carbonyl (C=O) groups excluding carboxylic acids is 1. The van der Waals surface area contributed by atoms with E-state index in [4.69, 9.17) is 0 Å². The maximum atomic E-state index is 14.4. The van der Waals surface area contributed by atoms with Crippen LogP contribution >= 0.6 is 0 Å². The molecular formula is C32H34F3N7O. The van der Waals surface area contributed by atoms with Crippen molar-refractivity contribution in [3.05, 3.63) is 77.1 Å². The molecule has 224 valence electrons. The van der Waals surface area contributed by atoms with Crippen molar-refractivity contribution in [2.24, 2.45) is 13.0 Å². The number of anilines is 2. The topological polar surface area (TPSA) is 79.2 Å². The van der Waals surface area contributed by atoms with Crippen LogP contribution in [0.5, 0.6) is 0 Å². The number of piperidine rings is 1. The van der Waals surface area contributed by atoms with Crippen LogP contribution in [0.15, 0.2) is 54.9 Å². The molecule has 1 amide bonds. The molecule has 1 N–H and O–H groups in total.